The van der Waals surface area contributed by atoms with E-state index in [9.17, 15) is 4.79 Å². The number of rotatable bonds is 5. The standard InChI is InChI=1S/C18H21ClN2O3/c1-23-12-17(22)21-8-3-2-7-16(21)18-20-11-15(24-18)10-13-5-4-6-14(19)9-13/h4-6,9,11,16H,2-3,7-8,10,12H2,1H3/t16-/m1/s1. The lowest BCUT2D eigenvalue weighted by atomic mass is 10.0. The number of halogens is 1. The van der Waals surface area contributed by atoms with Gasteiger partial charge in [0.05, 0.1) is 6.20 Å². The van der Waals surface area contributed by atoms with Crippen molar-refractivity contribution in [3.05, 3.63) is 52.7 Å². The highest BCUT2D eigenvalue weighted by Crippen LogP contribution is 2.31. The summed E-state index contributed by atoms with van der Waals surface area (Å²) in [6.07, 6.45) is 5.30. The van der Waals surface area contributed by atoms with Gasteiger partial charge in [-0.2, -0.15) is 0 Å². The van der Waals surface area contributed by atoms with Gasteiger partial charge in [0.15, 0.2) is 0 Å². The maximum atomic E-state index is 12.2. The van der Waals surface area contributed by atoms with E-state index in [1.54, 1.807) is 6.20 Å². The normalized spacial score (nSPS) is 17.9. The third-order valence-electron chi connectivity index (χ3n) is 4.21. The summed E-state index contributed by atoms with van der Waals surface area (Å²) in [5.74, 6) is 1.37. The Hall–Kier alpha value is -1.85. The first-order valence-electron chi connectivity index (χ1n) is 8.15. The van der Waals surface area contributed by atoms with Crippen LogP contribution < -0.4 is 0 Å². The molecule has 0 aliphatic carbocycles. The number of amides is 1. The Balaban J connectivity index is 1.74. The van der Waals surface area contributed by atoms with Crippen LogP contribution in [0.15, 0.2) is 34.9 Å². The van der Waals surface area contributed by atoms with E-state index in [0.717, 1.165) is 37.1 Å². The van der Waals surface area contributed by atoms with Gasteiger partial charge in [0.2, 0.25) is 11.8 Å². The molecule has 1 saturated heterocycles. The molecule has 1 atom stereocenters. The fraction of sp³-hybridized carbons (Fsp3) is 0.444. The molecular formula is C18H21ClN2O3. The second-order valence-electron chi connectivity index (χ2n) is 6.00. The van der Waals surface area contributed by atoms with Crippen molar-refractivity contribution in [2.45, 2.75) is 31.7 Å². The number of carbonyl (C=O) groups is 1. The highest BCUT2D eigenvalue weighted by molar-refractivity contribution is 6.30. The SMILES string of the molecule is COCC(=O)N1CCCC[C@@H]1c1ncc(Cc2cccc(Cl)c2)o1. The molecule has 1 aromatic heterocycles. The molecule has 2 aromatic rings. The maximum Gasteiger partial charge on any atom is 0.249 e. The highest BCUT2D eigenvalue weighted by atomic mass is 35.5. The van der Waals surface area contributed by atoms with Crippen LogP contribution in [0.4, 0.5) is 0 Å². The van der Waals surface area contributed by atoms with E-state index in [1.165, 1.54) is 7.11 Å². The largest absolute Gasteiger partial charge is 0.443 e. The van der Waals surface area contributed by atoms with Gasteiger partial charge in [-0.3, -0.25) is 4.79 Å². The minimum atomic E-state index is -0.102. The van der Waals surface area contributed by atoms with Gasteiger partial charge in [-0.05, 0) is 37.0 Å². The van der Waals surface area contributed by atoms with Crippen LogP contribution in [0.1, 0.15) is 42.5 Å². The van der Waals surface area contributed by atoms with Crippen LogP contribution in [0.2, 0.25) is 5.02 Å². The predicted molar refractivity (Wildman–Crippen MR) is 90.9 cm³/mol. The summed E-state index contributed by atoms with van der Waals surface area (Å²) < 4.78 is 10.9. The van der Waals surface area contributed by atoms with Crippen LogP contribution in [0, 0.1) is 0 Å². The first-order chi connectivity index (χ1) is 11.7. The van der Waals surface area contributed by atoms with Gasteiger partial charge in [-0.1, -0.05) is 23.7 Å². The molecule has 6 heteroatoms. The van der Waals surface area contributed by atoms with Crippen molar-refractivity contribution in [3.8, 4) is 0 Å². The fourth-order valence-corrected chi connectivity index (χ4v) is 3.31. The number of likely N-dealkylation sites (tertiary alicyclic amines) is 1. The molecule has 0 saturated carbocycles. The Labute approximate surface area is 146 Å². The Morgan fingerprint density at radius 1 is 1.46 bits per heavy atom. The molecule has 1 fully saturated rings. The van der Waals surface area contributed by atoms with Gasteiger partial charge < -0.3 is 14.1 Å². The molecule has 0 unspecified atom stereocenters. The fourth-order valence-electron chi connectivity index (χ4n) is 3.10. The molecule has 5 nitrogen and oxygen atoms in total. The minimum Gasteiger partial charge on any atom is -0.443 e. The molecule has 0 spiro atoms. The van der Waals surface area contributed by atoms with Gasteiger partial charge in [0.25, 0.3) is 0 Å². The van der Waals surface area contributed by atoms with E-state index in [0.29, 0.717) is 17.3 Å². The van der Waals surface area contributed by atoms with E-state index in [1.807, 2.05) is 29.2 Å². The third kappa shape index (κ3) is 3.97. The highest BCUT2D eigenvalue weighted by Gasteiger charge is 2.31. The number of hydrogen-bond acceptors (Lipinski definition) is 4. The predicted octanol–water partition coefficient (Wildman–Crippen LogP) is 3.62. The van der Waals surface area contributed by atoms with Gasteiger partial charge in [0, 0.05) is 25.1 Å². The van der Waals surface area contributed by atoms with E-state index < -0.39 is 0 Å². The monoisotopic (exact) mass is 348 g/mol. The number of ether oxygens (including phenoxy) is 1. The first-order valence-corrected chi connectivity index (χ1v) is 8.52. The summed E-state index contributed by atoms with van der Waals surface area (Å²) in [6, 6.07) is 7.58. The Morgan fingerprint density at radius 2 is 2.33 bits per heavy atom. The summed E-state index contributed by atoms with van der Waals surface area (Å²) in [6.45, 7) is 0.811. The van der Waals surface area contributed by atoms with Crippen LogP contribution in [0.25, 0.3) is 0 Å². The van der Waals surface area contributed by atoms with Crippen LogP contribution in [-0.2, 0) is 16.0 Å². The second-order valence-corrected chi connectivity index (χ2v) is 6.44. The zero-order valence-electron chi connectivity index (χ0n) is 13.7. The van der Waals surface area contributed by atoms with Crippen LogP contribution in [0.5, 0.6) is 0 Å². The third-order valence-corrected chi connectivity index (χ3v) is 4.45. The number of benzene rings is 1. The molecule has 3 rings (SSSR count). The molecule has 1 aromatic carbocycles. The second kappa shape index (κ2) is 7.81. The van der Waals surface area contributed by atoms with Gasteiger partial charge in [-0.15, -0.1) is 0 Å². The minimum absolute atomic E-state index is 0.0169. The van der Waals surface area contributed by atoms with Crippen molar-refractivity contribution in [2.24, 2.45) is 0 Å². The quantitative estimate of drug-likeness (QED) is 0.828. The Kier molecular flexibility index (Phi) is 5.53. The first kappa shape index (κ1) is 17.0. The van der Waals surface area contributed by atoms with Crippen molar-refractivity contribution in [1.82, 2.24) is 9.88 Å². The molecule has 0 radical (unpaired) electrons. The maximum absolute atomic E-state index is 12.2. The smallest absolute Gasteiger partial charge is 0.249 e. The summed E-state index contributed by atoms with van der Waals surface area (Å²) in [4.78, 5) is 18.5. The molecule has 0 N–H and O–H groups in total. The molecule has 1 aliphatic rings. The lowest BCUT2D eigenvalue weighted by Crippen LogP contribution is -2.40. The summed E-state index contributed by atoms with van der Waals surface area (Å²) in [5, 5.41) is 0.704. The summed E-state index contributed by atoms with van der Waals surface area (Å²) >= 11 is 6.02. The van der Waals surface area contributed by atoms with Crippen molar-refractivity contribution in [2.75, 3.05) is 20.3 Å². The summed E-state index contributed by atoms with van der Waals surface area (Å²) in [5.41, 5.74) is 1.07. The molecule has 1 aliphatic heterocycles. The molecule has 0 bridgehead atoms. The number of nitrogens with zero attached hydrogens (tertiary/aromatic N) is 2. The van der Waals surface area contributed by atoms with E-state index in [-0.39, 0.29) is 18.6 Å². The lowest BCUT2D eigenvalue weighted by molar-refractivity contribution is -0.139. The number of hydrogen-bond donors (Lipinski definition) is 0. The number of oxazole rings is 1. The lowest BCUT2D eigenvalue weighted by Gasteiger charge is -2.33. The zero-order valence-corrected chi connectivity index (χ0v) is 14.5. The van der Waals surface area contributed by atoms with Crippen molar-refractivity contribution < 1.29 is 13.9 Å². The molecule has 24 heavy (non-hydrogen) atoms. The van der Waals surface area contributed by atoms with E-state index in [4.69, 9.17) is 20.8 Å². The van der Waals surface area contributed by atoms with Crippen LogP contribution >= 0.6 is 11.6 Å². The van der Waals surface area contributed by atoms with Crippen molar-refractivity contribution >= 4 is 17.5 Å². The zero-order chi connectivity index (χ0) is 16.9. The average Bonchev–Trinajstić information content (AvgIpc) is 3.03. The molecule has 1 amide bonds. The van der Waals surface area contributed by atoms with Crippen LogP contribution in [0.3, 0.4) is 0 Å². The van der Waals surface area contributed by atoms with E-state index >= 15 is 0 Å². The summed E-state index contributed by atoms with van der Waals surface area (Å²) in [7, 11) is 1.53. The molecular weight excluding hydrogens is 328 g/mol. The topological polar surface area (TPSA) is 55.6 Å². The molecule has 128 valence electrons. The van der Waals surface area contributed by atoms with Crippen LogP contribution in [-0.4, -0.2) is 36.1 Å². The van der Waals surface area contributed by atoms with Gasteiger partial charge >= 0.3 is 0 Å². The van der Waals surface area contributed by atoms with Gasteiger partial charge in [-0.25, -0.2) is 4.98 Å². The number of carbonyl (C=O) groups excluding carboxylic acids is 1. The Bertz CT molecular complexity index is 701. The van der Waals surface area contributed by atoms with Gasteiger partial charge in [0.1, 0.15) is 18.4 Å². The van der Waals surface area contributed by atoms with E-state index in [2.05, 4.69) is 4.98 Å². The number of methoxy groups -OCH3 is 1. The van der Waals surface area contributed by atoms with Crippen molar-refractivity contribution in [1.29, 1.82) is 0 Å². The number of aromatic nitrogens is 1. The Morgan fingerprint density at radius 3 is 3.12 bits per heavy atom. The number of piperidine rings is 1. The average molecular weight is 349 g/mol. The van der Waals surface area contributed by atoms with Crippen molar-refractivity contribution in [3.63, 3.8) is 0 Å². The molecule has 2 heterocycles.